The predicted octanol–water partition coefficient (Wildman–Crippen LogP) is 1.83. The molecule has 1 aromatic rings. The molecule has 0 saturated heterocycles. The number of nitrogens with two attached hydrogens (primary N) is 1. The summed E-state index contributed by atoms with van der Waals surface area (Å²) in [6.45, 7) is 5.19. The molecule has 1 aromatic carbocycles. The molecule has 0 heterocycles. The molecule has 0 bridgehead atoms. The molecule has 0 spiro atoms. The van der Waals surface area contributed by atoms with Crippen LogP contribution < -0.4 is 11.1 Å². The van der Waals surface area contributed by atoms with Crippen LogP contribution in [0.2, 0.25) is 0 Å². The zero-order chi connectivity index (χ0) is 13.1. The molecular weight excluding hydrogens is 214 g/mol. The molecule has 0 fully saturated rings. The van der Waals surface area contributed by atoms with Crippen molar-refractivity contribution in [3.8, 4) is 0 Å². The van der Waals surface area contributed by atoms with Crippen molar-refractivity contribution in [2.75, 3.05) is 0 Å². The van der Waals surface area contributed by atoms with Gasteiger partial charge in [0.05, 0.1) is 6.04 Å². The Hall–Kier alpha value is -1.84. The molecule has 4 heteroatoms. The van der Waals surface area contributed by atoms with Gasteiger partial charge >= 0.3 is 0 Å². The van der Waals surface area contributed by atoms with E-state index in [0.29, 0.717) is 0 Å². The third-order valence-corrected chi connectivity index (χ3v) is 2.89. The first kappa shape index (κ1) is 13.2. The Bertz CT molecular complexity index is 412. The van der Waals surface area contributed by atoms with E-state index in [1.807, 2.05) is 37.3 Å². The first-order valence-electron chi connectivity index (χ1n) is 5.56. The summed E-state index contributed by atoms with van der Waals surface area (Å²) in [7, 11) is 0. The molecule has 0 aromatic heterocycles. The normalized spacial score (nSPS) is 12.9. The smallest absolute Gasteiger partial charge is 0.233 e. The minimum absolute atomic E-state index is 0.0951. The van der Waals surface area contributed by atoms with Gasteiger partial charge in [-0.25, -0.2) is 0 Å². The van der Waals surface area contributed by atoms with Crippen LogP contribution >= 0.6 is 0 Å². The number of hydrogen-bond donors (Lipinski definition) is 3. The van der Waals surface area contributed by atoms with Crippen LogP contribution in [0.5, 0.6) is 0 Å². The van der Waals surface area contributed by atoms with Gasteiger partial charge in [-0.15, -0.1) is 0 Å². The first-order valence-corrected chi connectivity index (χ1v) is 5.56. The Morgan fingerprint density at radius 2 is 1.88 bits per heavy atom. The molecule has 1 atom stereocenters. The van der Waals surface area contributed by atoms with Crippen LogP contribution in [0.3, 0.4) is 0 Å². The Morgan fingerprint density at radius 1 is 1.35 bits per heavy atom. The molecule has 4 nitrogen and oxygen atoms in total. The van der Waals surface area contributed by atoms with Crippen LogP contribution in [-0.4, -0.2) is 11.7 Å². The summed E-state index contributed by atoms with van der Waals surface area (Å²) in [6, 6.07) is 9.58. The Labute approximate surface area is 102 Å². The van der Waals surface area contributed by atoms with Crippen molar-refractivity contribution in [2.45, 2.75) is 26.8 Å². The summed E-state index contributed by atoms with van der Waals surface area (Å²) >= 11 is 0. The fraction of sp³-hybridized carbons (Fsp3) is 0.385. The van der Waals surface area contributed by atoms with Gasteiger partial charge in [0.1, 0.15) is 11.3 Å². The molecule has 0 unspecified atom stereocenters. The number of carbonyl (C=O) groups is 1. The number of hydrogen-bond acceptors (Lipinski definition) is 2. The molecule has 0 aliphatic carbocycles. The van der Waals surface area contributed by atoms with E-state index in [1.165, 1.54) is 0 Å². The number of rotatable bonds is 4. The predicted molar refractivity (Wildman–Crippen MR) is 68.7 cm³/mol. The van der Waals surface area contributed by atoms with E-state index in [9.17, 15) is 4.79 Å². The average molecular weight is 233 g/mol. The lowest BCUT2D eigenvalue weighted by atomic mass is 9.90. The second kappa shape index (κ2) is 4.99. The van der Waals surface area contributed by atoms with Crippen LogP contribution in [0, 0.1) is 10.8 Å². The molecule has 92 valence electrons. The summed E-state index contributed by atoms with van der Waals surface area (Å²) in [4.78, 5) is 12.0. The number of carbonyl (C=O) groups excluding carboxylic acids is 1. The standard InChI is InChI=1S/C13H19N3O/c1-9(10-7-5-4-6-8-10)16-12(17)13(2,3)11(14)15/h4-9H,1-3H3,(H3,14,15)(H,16,17)/t9-/m0/s1. The lowest BCUT2D eigenvalue weighted by molar-refractivity contribution is -0.127. The zero-order valence-electron chi connectivity index (χ0n) is 10.4. The largest absolute Gasteiger partial charge is 0.387 e. The maximum Gasteiger partial charge on any atom is 0.233 e. The van der Waals surface area contributed by atoms with E-state index in [4.69, 9.17) is 11.1 Å². The van der Waals surface area contributed by atoms with Crippen molar-refractivity contribution in [2.24, 2.45) is 11.1 Å². The number of benzene rings is 1. The molecule has 4 N–H and O–H groups in total. The second-order valence-electron chi connectivity index (χ2n) is 4.64. The van der Waals surface area contributed by atoms with Gasteiger partial charge in [0.15, 0.2) is 0 Å². The van der Waals surface area contributed by atoms with E-state index in [2.05, 4.69) is 5.32 Å². The minimum atomic E-state index is -0.969. The van der Waals surface area contributed by atoms with E-state index in [0.717, 1.165) is 5.56 Å². The van der Waals surface area contributed by atoms with Gasteiger partial charge in [-0.3, -0.25) is 10.2 Å². The van der Waals surface area contributed by atoms with E-state index >= 15 is 0 Å². The summed E-state index contributed by atoms with van der Waals surface area (Å²) < 4.78 is 0. The topological polar surface area (TPSA) is 79.0 Å². The van der Waals surface area contributed by atoms with Gasteiger partial charge < -0.3 is 11.1 Å². The fourth-order valence-electron chi connectivity index (χ4n) is 1.32. The Kier molecular flexibility index (Phi) is 3.89. The highest BCUT2D eigenvalue weighted by atomic mass is 16.2. The number of nitrogens with one attached hydrogen (secondary N) is 2. The van der Waals surface area contributed by atoms with Gasteiger partial charge in [0.2, 0.25) is 5.91 Å². The van der Waals surface area contributed by atoms with Crippen LogP contribution in [-0.2, 0) is 4.79 Å². The third kappa shape index (κ3) is 3.06. The summed E-state index contributed by atoms with van der Waals surface area (Å²) in [5, 5.41) is 10.3. The lowest BCUT2D eigenvalue weighted by Crippen LogP contribution is -2.46. The second-order valence-corrected chi connectivity index (χ2v) is 4.64. The quantitative estimate of drug-likeness (QED) is 0.548. The van der Waals surface area contributed by atoms with Crippen molar-refractivity contribution >= 4 is 11.7 Å². The van der Waals surface area contributed by atoms with Crippen LogP contribution in [0.25, 0.3) is 0 Å². The summed E-state index contributed by atoms with van der Waals surface area (Å²) in [5.74, 6) is -0.364. The highest BCUT2D eigenvalue weighted by Crippen LogP contribution is 2.18. The lowest BCUT2D eigenvalue weighted by Gasteiger charge is -2.24. The Balaban J connectivity index is 2.74. The molecule has 0 aliphatic rings. The zero-order valence-corrected chi connectivity index (χ0v) is 10.4. The molecule has 0 aliphatic heterocycles. The summed E-state index contributed by atoms with van der Waals surface area (Å²) in [5.41, 5.74) is 5.47. The van der Waals surface area contributed by atoms with Crippen molar-refractivity contribution < 1.29 is 4.79 Å². The highest BCUT2D eigenvalue weighted by molar-refractivity contribution is 6.04. The molecular formula is C13H19N3O. The Morgan fingerprint density at radius 3 is 2.35 bits per heavy atom. The van der Waals surface area contributed by atoms with Crippen molar-refractivity contribution in [3.05, 3.63) is 35.9 Å². The SMILES string of the molecule is C[C@H](NC(=O)C(C)(C)C(=N)N)c1ccccc1. The highest BCUT2D eigenvalue weighted by Gasteiger charge is 2.31. The maximum absolute atomic E-state index is 12.0. The average Bonchev–Trinajstić information content (AvgIpc) is 2.29. The van der Waals surface area contributed by atoms with Crippen molar-refractivity contribution in [1.82, 2.24) is 5.32 Å². The van der Waals surface area contributed by atoms with Crippen molar-refractivity contribution in [3.63, 3.8) is 0 Å². The van der Waals surface area contributed by atoms with Gasteiger partial charge in [0.25, 0.3) is 0 Å². The molecule has 1 rings (SSSR count). The van der Waals surface area contributed by atoms with E-state index in [1.54, 1.807) is 13.8 Å². The van der Waals surface area contributed by atoms with E-state index in [-0.39, 0.29) is 17.8 Å². The molecule has 0 radical (unpaired) electrons. The molecule has 17 heavy (non-hydrogen) atoms. The summed E-state index contributed by atoms with van der Waals surface area (Å²) in [6.07, 6.45) is 0. The first-order chi connectivity index (χ1) is 7.85. The van der Waals surface area contributed by atoms with Crippen LogP contribution in [0.4, 0.5) is 0 Å². The number of amidine groups is 1. The maximum atomic E-state index is 12.0. The van der Waals surface area contributed by atoms with Crippen LogP contribution in [0.1, 0.15) is 32.4 Å². The molecule has 1 amide bonds. The monoisotopic (exact) mass is 233 g/mol. The van der Waals surface area contributed by atoms with Gasteiger partial charge in [-0.2, -0.15) is 0 Å². The fourth-order valence-corrected chi connectivity index (χ4v) is 1.32. The van der Waals surface area contributed by atoms with Gasteiger partial charge in [-0.05, 0) is 26.3 Å². The van der Waals surface area contributed by atoms with Gasteiger partial charge in [-0.1, -0.05) is 30.3 Å². The minimum Gasteiger partial charge on any atom is -0.387 e. The van der Waals surface area contributed by atoms with E-state index < -0.39 is 5.41 Å². The third-order valence-electron chi connectivity index (χ3n) is 2.89. The van der Waals surface area contributed by atoms with Gasteiger partial charge in [0, 0.05) is 0 Å². The van der Waals surface area contributed by atoms with Crippen molar-refractivity contribution in [1.29, 1.82) is 5.41 Å². The van der Waals surface area contributed by atoms with Crippen LogP contribution in [0.15, 0.2) is 30.3 Å². The number of amides is 1. The molecule has 0 saturated carbocycles.